The van der Waals surface area contributed by atoms with Gasteiger partial charge >= 0.3 is 0 Å². The monoisotopic (exact) mass is 384 g/mol. The molecule has 2 N–H and O–H groups in total. The Morgan fingerprint density at radius 1 is 1.07 bits per heavy atom. The van der Waals surface area contributed by atoms with Gasteiger partial charge in [-0.1, -0.05) is 37.3 Å². The number of hydrogen-bond donors (Lipinski definition) is 2. The fourth-order valence-corrected chi connectivity index (χ4v) is 5.09. The molecule has 6 heteroatoms. The van der Waals surface area contributed by atoms with Crippen molar-refractivity contribution in [2.24, 2.45) is 0 Å². The van der Waals surface area contributed by atoms with Crippen LogP contribution in [-0.2, 0) is 5.54 Å². The third-order valence-electron chi connectivity index (χ3n) is 7.20. The lowest BCUT2D eigenvalue weighted by molar-refractivity contribution is -1.03. The van der Waals surface area contributed by atoms with Crippen molar-refractivity contribution in [1.82, 2.24) is 20.2 Å². The maximum Gasteiger partial charge on any atom is 0.214 e. The van der Waals surface area contributed by atoms with E-state index in [-0.39, 0.29) is 11.6 Å². The fraction of sp³-hybridized carbons (Fsp3) is 0.682. The van der Waals surface area contributed by atoms with Crippen LogP contribution in [0.25, 0.3) is 0 Å². The third kappa shape index (κ3) is 3.85. The summed E-state index contributed by atoms with van der Waals surface area (Å²) < 4.78 is 2.08. The van der Waals surface area contributed by atoms with E-state index in [1.54, 1.807) is 4.90 Å². The van der Waals surface area contributed by atoms with Crippen LogP contribution in [-0.4, -0.2) is 52.4 Å². The molecule has 1 aromatic heterocycles. The minimum absolute atomic E-state index is 0.0811. The van der Waals surface area contributed by atoms with Crippen molar-refractivity contribution in [3.8, 4) is 0 Å². The summed E-state index contributed by atoms with van der Waals surface area (Å²) >= 11 is 0. The second kappa shape index (κ2) is 8.29. The highest BCUT2D eigenvalue weighted by Gasteiger charge is 2.39. The van der Waals surface area contributed by atoms with Gasteiger partial charge in [-0.05, 0) is 56.4 Å². The van der Waals surface area contributed by atoms with Gasteiger partial charge in [0, 0.05) is 5.56 Å². The van der Waals surface area contributed by atoms with E-state index in [9.17, 15) is 0 Å². The van der Waals surface area contributed by atoms with Crippen LogP contribution in [0.1, 0.15) is 70.3 Å². The first-order valence-electron chi connectivity index (χ1n) is 11.1. The summed E-state index contributed by atoms with van der Waals surface area (Å²) in [7, 11) is 0. The van der Waals surface area contributed by atoms with Crippen LogP contribution in [0, 0.1) is 0 Å². The molecule has 152 valence electrons. The SMILES string of the molecule is CCC(C)(C)n1nnnc1[C@@H](c1ccccc1)[NH+]1CC[NH+](C2CCCC2)CC1. The smallest absolute Gasteiger partial charge is 0.214 e. The molecule has 0 spiro atoms. The van der Waals surface area contributed by atoms with Gasteiger partial charge in [-0.2, -0.15) is 0 Å². The largest absolute Gasteiger partial charge is 0.323 e. The topological polar surface area (TPSA) is 52.5 Å². The van der Waals surface area contributed by atoms with Crippen LogP contribution in [0.3, 0.4) is 0 Å². The predicted octanol–water partition coefficient (Wildman–Crippen LogP) is 0.634. The van der Waals surface area contributed by atoms with E-state index in [1.165, 1.54) is 57.4 Å². The Morgan fingerprint density at radius 3 is 2.39 bits per heavy atom. The average Bonchev–Trinajstić information content (AvgIpc) is 3.42. The Bertz CT molecular complexity index is 741. The van der Waals surface area contributed by atoms with E-state index in [2.05, 4.69) is 71.3 Å². The van der Waals surface area contributed by atoms with Crippen molar-refractivity contribution in [3.05, 3.63) is 41.7 Å². The first-order valence-corrected chi connectivity index (χ1v) is 11.1. The van der Waals surface area contributed by atoms with E-state index < -0.39 is 0 Å². The summed E-state index contributed by atoms with van der Waals surface area (Å²) in [4.78, 5) is 3.44. The van der Waals surface area contributed by atoms with Crippen molar-refractivity contribution in [3.63, 3.8) is 0 Å². The number of piperazine rings is 1. The van der Waals surface area contributed by atoms with Gasteiger partial charge in [0.1, 0.15) is 26.2 Å². The zero-order valence-electron chi connectivity index (χ0n) is 17.7. The fourth-order valence-electron chi connectivity index (χ4n) is 5.09. The molecule has 0 amide bonds. The first-order chi connectivity index (χ1) is 13.6. The molecular weight excluding hydrogens is 348 g/mol. The standard InChI is InChI=1S/C22H34N6/c1-4-22(2,3)28-21(23-24-25-28)20(18-10-6-5-7-11-18)27-16-14-26(15-17-27)19-12-8-9-13-19/h5-7,10-11,19-20H,4,8-9,12-17H2,1-3H3/p+2/t20-/m1/s1. The maximum atomic E-state index is 4.55. The Labute approximate surface area is 168 Å². The van der Waals surface area contributed by atoms with Crippen LogP contribution >= 0.6 is 0 Å². The Hall–Kier alpha value is -1.79. The van der Waals surface area contributed by atoms with Crippen molar-refractivity contribution < 1.29 is 9.80 Å². The number of aromatic nitrogens is 4. The molecule has 2 heterocycles. The van der Waals surface area contributed by atoms with Crippen LogP contribution in [0.2, 0.25) is 0 Å². The molecule has 2 aliphatic rings. The van der Waals surface area contributed by atoms with Gasteiger partial charge in [0.25, 0.3) is 0 Å². The van der Waals surface area contributed by atoms with Crippen LogP contribution < -0.4 is 9.80 Å². The highest BCUT2D eigenvalue weighted by Crippen LogP contribution is 2.24. The van der Waals surface area contributed by atoms with Crippen LogP contribution in [0.15, 0.2) is 30.3 Å². The molecular formula is C22H36N6+2. The first kappa shape index (κ1) is 19.5. The zero-order chi connectivity index (χ0) is 19.6. The van der Waals surface area contributed by atoms with Crippen LogP contribution in [0.4, 0.5) is 0 Å². The lowest BCUT2D eigenvalue weighted by atomic mass is 9.99. The van der Waals surface area contributed by atoms with Gasteiger partial charge in [0.05, 0.1) is 11.6 Å². The maximum absolute atomic E-state index is 4.55. The Kier molecular flexibility index (Phi) is 5.78. The Balaban J connectivity index is 1.61. The van der Waals surface area contributed by atoms with Gasteiger partial charge in [-0.25, -0.2) is 4.68 Å². The molecule has 6 nitrogen and oxygen atoms in total. The molecule has 2 aromatic rings. The van der Waals surface area contributed by atoms with Crippen molar-refractivity contribution in [1.29, 1.82) is 0 Å². The molecule has 1 atom stereocenters. The molecule has 1 aliphatic heterocycles. The molecule has 28 heavy (non-hydrogen) atoms. The normalized spacial score (nSPS) is 25.1. The number of hydrogen-bond acceptors (Lipinski definition) is 3. The molecule has 1 saturated carbocycles. The van der Waals surface area contributed by atoms with Gasteiger partial charge in [-0.15, -0.1) is 5.10 Å². The van der Waals surface area contributed by atoms with Gasteiger partial charge < -0.3 is 9.80 Å². The predicted molar refractivity (Wildman–Crippen MR) is 109 cm³/mol. The molecule has 1 saturated heterocycles. The summed E-state index contributed by atoms with van der Waals surface area (Å²) in [5, 5.41) is 13.1. The van der Waals surface area contributed by atoms with E-state index in [4.69, 9.17) is 0 Å². The number of nitrogens with one attached hydrogen (secondary N) is 2. The molecule has 1 aliphatic carbocycles. The average molecular weight is 385 g/mol. The molecule has 0 radical (unpaired) electrons. The number of benzene rings is 1. The molecule has 2 fully saturated rings. The molecule has 4 rings (SSSR count). The summed E-state index contributed by atoms with van der Waals surface area (Å²) in [6, 6.07) is 12.0. The Morgan fingerprint density at radius 2 is 1.75 bits per heavy atom. The number of quaternary nitrogens is 2. The van der Waals surface area contributed by atoms with Gasteiger partial charge in [0.2, 0.25) is 5.82 Å². The summed E-state index contributed by atoms with van der Waals surface area (Å²) in [5.74, 6) is 1.01. The summed E-state index contributed by atoms with van der Waals surface area (Å²) in [5.41, 5.74) is 1.24. The lowest BCUT2D eigenvalue weighted by Crippen LogP contribution is -3.29. The van der Waals surface area contributed by atoms with E-state index in [0.29, 0.717) is 0 Å². The second-order valence-corrected chi connectivity index (χ2v) is 9.26. The minimum atomic E-state index is -0.0811. The van der Waals surface area contributed by atoms with Crippen molar-refractivity contribution in [2.75, 3.05) is 26.2 Å². The summed E-state index contributed by atoms with van der Waals surface area (Å²) in [6.45, 7) is 11.6. The molecule has 1 aromatic carbocycles. The van der Waals surface area contributed by atoms with Gasteiger partial charge in [0.15, 0.2) is 6.04 Å². The lowest BCUT2D eigenvalue weighted by Gasteiger charge is -2.37. The highest BCUT2D eigenvalue weighted by molar-refractivity contribution is 5.22. The number of tetrazole rings is 1. The van der Waals surface area contributed by atoms with E-state index >= 15 is 0 Å². The number of nitrogens with zero attached hydrogens (tertiary/aromatic N) is 4. The zero-order valence-corrected chi connectivity index (χ0v) is 17.7. The van der Waals surface area contributed by atoms with E-state index in [0.717, 1.165) is 18.3 Å². The van der Waals surface area contributed by atoms with E-state index in [1.807, 2.05) is 4.90 Å². The molecule has 0 bridgehead atoms. The van der Waals surface area contributed by atoms with Gasteiger partial charge in [-0.3, -0.25) is 0 Å². The third-order valence-corrected chi connectivity index (χ3v) is 7.20. The van der Waals surface area contributed by atoms with Crippen LogP contribution in [0.5, 0.6) is 0 Å². The minimum Gasteiger partial charge on any atom is -0.323 e. The number of rotatable bonds is 6. The van der Waals surface area contributed by atoms with Crippen molar-refractivity contribution in [2.45, 2.75) is 70.5 Å². The van der Waals surface area contributed by atoms with Crippen molar-refractivity contribution >= 4 is 0 Å². The summed E-state index contributed by atoms with van der Waals surface area (Å²) in [6.07, 6.45) is 6.71. The molecule has 0 unspecified atom stereocenters. The highest BCUT2D eigenvalue weighted by atomic mass is 15.6. The second-order valence-electron chi connectivity index (χ2n) is 9.26. The quantitative estimate of drug-likeness (QED) is 0.768.